The lowest BCUT2D eigenvalue weighted by Crippen LogP contribution is -2.45. The quantitative estimate of drug-likeness (QED) is 0.447. The Morgan fingerprint density at radius 1 is 1.69 bits per heavy atom. The highest BCUT2D eigenvalue weighted by atomic mass is 16.5. The molecule has 3 nitrogen and oxygen atoms in total. The number of ether oxygens (including phenoxy) is 1. The summed E-state index contributed by atoms with van der Waals surface area (Å²) in [5.41, 5.74) is 0.314. The molecule has 2 rings (SSSR count). The summed E-state index contributed by atoms with van der Waals surface area (Å²) in [4.78, 5) is 11.5. The SMILES string of the molecule is C=C1CC[C@H](O)[C@]2(C)C(=O)OCC12. The molecule has 1 aliphatic heterocycles. The predicted molar refractivity (Wildman–Crippen MR) is 46.9 cm³/mol. The summed E-state index contributed by atoms with van der Waals surface area (Å²) in [5.74, 6) is -0.255. The second kappa shape index (κ2) is 2.58. The van der Waals surface area contributed by atoms with Gasteiger partial charge in [0.1, 0.15) is 5.41 Å². The molecule has 2 fully saturated rings. The Labute approximate surface area is 77.4 Å². The largest absolute Gasteiger partial charge is 0.465 e. The second-order valence-electron chi connectivity index (χ2n) is 4.15. The van der Waals surface area contributed by atoms with Gasteiger partial charge in [-0.25, -0.2) is 0 Å². The highest BCUT2D eigenvalue weighted by Crippen LogP contribution is 2.48. The van der Waals surface area contributed by atoms with Gasteiger partial charge in [0.2, 0.25) is 0 Å². The van der Waals surface area contributed by atoms with Crippen LogP contribution in [0.4, 0.5) is 0 Å². The lowest BCUT2D eigenvalue weighted by Gasteiger charge is -2.37. The van der Waals surface area contributed by atoms with Gasteiger partial charge in [-0.1, -0.05) is 12.2 Å². The summed E-state index contributed by atoms with van der Waals surface area (Å²) in [6.45, 7) is 6.10. The van der Waals surface area contributed by atoms with Crippen molar-refractivity contribution in [3.63, 3.8) is 0 Å². The number of cyclic esters (lactones) is 1. The number of hydrogen-bond acceptors (Lipinski definition) is 3. The second-order valence-corrected chi connectivity index (χ2v) is 4.15. The van der Waals surface area contributed by atoms with E-state index in [1.165, 1.54) is 0 Å². The Balaban J connectivity index is 2.38. The molecule has 0 radical (unpaired) electrons. The van der Waals surface area contributed by atoms with E-state index in [-0.39, 0.29) is 11.9 Å². The van der Waals surface area contributed by atoms with Crippen molar-refractivity contribution in [3.8, 4) is 0 Å². The van der Waals surface area contributed by atoms with Crippen molar-refractivity contribution in [3.05, 3.63) is 12.2 Å². The van der Waals surface area contributed by atoms with E-state index >= 15 is 0 Å². The summed E-state index contributed by atoms with van der Waals surface area (Å²) in [6.07, 6.45) is 0.858. The average molecular weight is 182 g/mol. The third kappa shape index (κ3) is 0.967. The number of hydrogen-bond donors (Lipinski definition) is 1. The van der Waals surface area contributed by atoms with Gasteiger partial charge in [-0.05, 0) is 19.8 Å². The highest BCUT2D eigenvalue weighted by Gasteiger charge is 2.56. The molecule has 2 aliphatic rings. The molecule has 0 amide bonds. The molecular formula is C10H14O3. The summed E-state index contributed by atoms with van der Waals surface area (Å²) < 4.78 is 4.98. The zero-order chi connectivity index (χ0) is 9.64. The van der Waals surface area contributed by atoms with Crippen molar-refractivity contribution in [2.75, 3.05) is 6.61 Å². The van der Waals surface area contributed by atoms with Crippen LogP contribution in [0.25, 0.3) is 0 Å². The molecule has 72 valence electrons. The fourth-order valence-electron chi connectivity index (χ4n) is 2.34. The number of fused-ring (bicyclic) bond motifs is 1. The smallest absolute Gasteiger partial charge is 0.315 e. The molecule has 1 heterocycles. The first kappa shape index (κ1) is 8.75. The molecule has 1 unspecified atom stereocenters. The van der Waals surface area contributed by atoms with Crippen LogP contribution in [0.3, 0.4) is 0 Å². The van der Waals surface area contributed by atoms with Crippen molar-refractivity contribution in [2.45, 2.75) is 25.9 Å². The number of esters is 1. The van der Waals surface area contributed by atoms with Crippen LogP contribution in [-0.4, -0.2) is 23.8 Å². The molecule has 1 saturated carbocycles. The fraction of sp³-hybridized carbons (Fsp3) is 0.700. The van der Waals surface area contributed by atoms with Crippen molar-refractivity contribution < 1.29 is 14.6 Å². The first-order valence-corrected chi connectivity index (χ1v) is 4.59. The first-order valence-electron chi connectivity index (χ1n) is 4.59. The molecule has 0 aromatic heterocycles. The molecule has 1 aliphatic carbocycles. The van der Waals surface area contributed by atoms with Crippen LogP contribution in [0, 0.1) is 11.3 Å². The van der Waals surface area contributed by atoms with Gasteiger partial charge in [0.25, 0.3) is 0 Å². The maximum Gasteiger partial charge on any atom is 0.315 e. The summed E-state index contributed by atoms with van der Waals surface area (Å²) in [7, 11) is 0. The van der Waals surface area contributed by atoms with Crippen LogP contribution in [0.5, 0.6) is 0 Å². The lowest BCUT2D eigenvalue weighted by atomic mass is 9.65. The number of aliphatic hydroxyl groups excluding tert-OH is 1. The molecule has 1 N–H and O–H groups in total. The van der Waals surface area contributed by atoms with Crippen LogP contribution in [0.1, 0.15) is 19.8 Å². The minimum atomic E-state index is -0.727. The molecule has 3 heteroatoms. The van der Waals surface area contributed by atoms with E-state index in [1.54, 1.807) is 6.92 Å². The van der Waals surface area contributed by atoms with Crippen molar-refractivity contribution in [2.24, 2.45) is 11.3 Å². The van der Waals surface area contributed by atoms with Gasteiger partial charge in [0, 0.05) is 5.92 Å². The Kier molecular flexibility index (Phi) is 1.74. The van der Waals surface area contributed by atoms with Gasteiger partial charge in [0.05, 0.1) is 12.7 Å². The Morgan fingerprint density at radius 2 is 2.38 bits per heavy atom. The topological polar surface area (TPSA) is 46.5 Å². The van der Waals surface area contributed by atoms with E-state index < -0.39 is 11.5 Å². The summed E-state index contributed by atoms with van der Waals surface area (Å²) in [6, 6.07) is 0. The molecule has 0 aromatic carbocycles. The lowest BCUT2D eigenvalue weighted by molar-refractivity contribution is -0.152. The first-order chi connectivity index (χ1) is 6.06. The van der Waals surface area contributed by atoms with Crippen molar-refractivity contribution in [1.82, 2.24) is 0 Å². The third-order valence-electron chi connectivity index (χ3n) is 3.47. The van der Waals surface area contributed by atoms with Crippen LogP contribution < -0.4 is 0 Å². The van der Waals surface area contributed by atoms with Gasteiger partial charge < -0.3 is 9.84 Å². The van der Waals surface area contributed by atoms with Gasteiger partial charge in [-0.3, -0.25) is 4.79 Å². The monoisotopic (exact) mass is 182 g/mol. The number of carbonyl (C=O) groups excluding carboxylic acids is 1. The van der Waals surface area contributed by atoms with Gasteiger partial charge >= 0.3 is 5.97 Å². The van der Waals surface area contributed by atoms with E-state index in [0.717, 1.165) is 12.0 Å². The van der Waals surface area contributed by atoms with E-state index in [1.807, 2.05) is 0 Å². The minimum Gasteiger partial charge on any atom is -0.465 e. The maximum absolute atomic E-state index is 11.5. The average Bonchev–Trinajstić information content (AvgIpc) is 2.39. The van der Waals surface area contributed by atoms with Crippen molar-refractivity contribution in [1.29, 1.82) is 0 Å². The van der Waals surface area contributed by atoms with Gasteiger partial charge in [0.15, 0.2) is 0 Å². The Morgan fingerprint density at radius 3 is 3.00 bits per heavy atom. The standard InChI is InChI=1S/C10H14O3/c1-6-3-4-8(11)10(2)7(6)5-13-9(10)12/h7-8,11H,1,3-5H2,2H3/t7?,8-,10+/m0/s1. The van der Waals surface area contributed by atoms with E-state index in [2.05, 4.69) is 6.58 Å². The maximum atomic E-state index is 11.5. The van der Waals surface area contributed by atoms with Crippen LogP contribution in [0.15, 0.2) is 12.2 Å². The third-order valence-corrected chi connectivity index (χ3v) is 3.47. The molecule has 3 atom stereocenters. The molecule has 0 aromatic rings. The van der Waals surface area contributed by atoms with Gasteiger partial charge in [-0.2, -0.15) is 0 Å². The van der Waals surface area contributed by atoms with Crippen LogP contribution in [0.2, 0.25) is 0 Å². The zero-order valence-corrected chi connectivity index (χ0v) is 7.75. The minimum absolute atomic E-state index is 0.0174. The van der Waals surface area contributed by atoms with E-state index in [0.29, 0.717) is 13.0 Å². The van der Waals surface area contributed by atoms with E-state index in [4.69, 9.17) is 4.74 Å². The predicted octanol–water partition coefficient (Wildman–Crippen LogP) is 0.877. The molecular weight excluding hydrogens is 168 g/mol. The summed E-state index contributed by atoms with van der Waals surface area (Å²) in [5, 5.41) is 9.78. The van der Waals surface area contributed by atoms with Crippen LogP contribution in [-0.2, 0) is 9.53 Å². The number of aliphatic hydroxyl groups is 1. The van der Waals surface area contributed by atoms with Crippen molar-refractivity contribution >= 4 is 5.97 Å². The Bertz CT molecular complexity index is 271. The summed E-state index contributed by atoms with van der Waals surface area (Å²) >= 11 is 0. The van der Waals surface area contributed by atoms with E-state index in [9.17, 15) is 9.90 Å². The number of carbonyl (C=O) groups is 1. The number of rotatable bonds is 0. The molecule has 13 heavy (non-hydrogen) atoms. The fourth-order valence-corrected chi connectivity index (χ4v) is 2.34. The molecule has 1 saturated heterocycles. The normalized spacial score (nSPS) is 44.5. The van der Waals surface area contributed by atoms with Gasteiger partial charge in [-0.15, -0.1) is 0 Å². The molecule has 0 spiro atoms. The highest BCUT2D eigenvalue weighted by molar-refractivity contribution is 5.80. The molecule has 0 bridgehead atoms. The zero-order valence-electron chi connectivity index (χ0n) is 7.75. The van der Waals surface area contributed by atoms with Crippen LogP contribution >= 0.6 is 0 Å². The Hall–Kier alpha value is -0.830.